The number of halogens is 1. The number of rotatable bonds is 5. The Labute approximate surface area is 167 Å². The fourth-order valence-electron chi connectivity index (χ4n) is 2.84. The molecule has 1 aliphatic heterocycles. The minimum absolute atomic E-state index is 0.0538. The summed E-state index contributed by atoms with van der Waals surface area (Å²) in [5.74, 6) is 0.191. The molecule has 1 aliphatic rings. The lowest BCUT2D eigenvalue weighted by Gasteiger charge is -2.28. The Kier molecular flexibility index (Phi) is 5.68. The summed E-state index contributed by atoms with van der Waals surface area (Å²) in [5.41, 5.74) is 0.697. The first-order valence-electron chi connectivity index (χ1n) is 8.20. The molecule has 0 saturated carbocycles. The molecule has 0 radical (unpaired) electrons. The van der Waals surface area contributed by atoms with Crippen molar-refractivity contribution >= 4 is 47.4 Å². The van der Waals surface area contributed by atoms with Crippen LogP contribution >= 0.6 is 15.9 Å². The summed E-state index contributed by atoms with van der Waals surface area (Å²) in [6.07, 6.45) is 1.33. The van der Waals surface area contributed by atoms with Crippen molar-refractivity contribution in [3.05, 3.63) is 46.9 Å². The van der Waals surface area contributed by atoms with E-state index in [1.165, 1.54) is 23.5 Å². The minimum atomic E-state index is -3.98. The number of nitrogens with zero attached hydrogens (tertiary/aromatic N) is 1. The van der Waals surface area contributed by atoms with Crippen LogP contribution in [0, 0.1) is 0 Å². The summed E-state index contributed by atoms with van der Waals surface area (Å²) in [4.78, 5) is -0.119. The van der Waals surface area contributed by atoms with Crippen LogP contribution in [0.15, 0.2) is 51.8 Å². The smallest absolute Gasteiger partial charge is 0.265 e. The molecular formula is C17H19BrN2O5S2. The number of methoxy groups -OCH3 is 1. The van der Waals surface area contributed by atoms with Crippen molar-refractivity contribution < 1.29 is 21.6 Å². The Morgan fingerprint density at radius 1 is 1.11 bits per heavy atom. The van der Waals surface area contributed by atoms with Crippen LogP contribution < -0.4 is 13.8 Å². The number of benzene rings is 2. The van der Waals surface area contributed by atoms with E-state index in [1.54, 1.807) is 30.3 Å². The lowest BCUT2D eigenvalue weighted by Crippen LogP contribution is -2.37. The molecule has 2 aromatic carbocycles. The molecule has 0 aliphatic carbocycles. The molecule has 3 rings (SSSR count). The number of sulfonamides is 2. The lowest BCUT2D eigenvalue weighted by molar-refractivity contribution is 0.403. The van der Waals surface area contributed by atoms with E-state index >= 15 is 0 Å². The number of nitrogens with one attached hydrogen (secondary N) is 1. The highest BCUT2D eigenvalue weighted by atomic mass is 79.9. The first-order valence-corrected chi connectivity index (χ1v) is 12.1. The largest absolute Gasteiger partial charge is 0.495 e. The predicted octanol–water partition coefficient (Wildman–Crippen LogP) is 3.19. The lowest BCUT2D eigenvalue weighted by atomic mass is 10.2. The zero-order chi connectivity index (χ0) is 19.7. The van der Waals surface area contributed by atoms with Crippen molar-refractivity contribution in [2.75, 3.05) is 28.4 Å². The van der Waals surface area contributed by atoms with Crippen molar-refractivity contribution in [1.82, 2.24) is 0 Å². The molecule has 7 nitrogen and oxygen atoms in total. The summed E-state index contributed by atoms with van der Waals surface area (Å²) >= 11 is 3.30. The van der Waals surface area contributed by atoms with Crippen LogP contribution in [0.3, 0.4) is 0 Å². The van der Waals surface area contributed by atoms with Crippen molar-refractivity contribution in [3.8, 4) is 5.75 Å². The van der Waals surface area contributed by atoms with Crippen molar-refractivity contribution in [2.24, 2.45) is 0 Å². The Bertz CT molecular complexity index is 1040. The highest BCUT2D eigenvalue weighted by molar-refractivity contribution is 9.10. The van der Waals surface area contributed by atoms with Gasteiger partial charge in [-0.25, -0.2) is 16.8 Å². The van der Waals surface area contributed by atoms with Crippen molar-refractivity contribution in [1.29, 1.82) is 0 Å². The topological polar surface area (TPSA) is 92.8 Å². The third kappa shape index (κ3) is 4.39. The summed E-state index contributed by atoms with van der Waals surface area (Å²) in [7, 11) is -6.06. The van der Waals surface area contributed by atoms with Crippen LogP contribution in [0.4, 0.5) is 11.4 Å². The zero-order valence-electron chi connectivity index (χ0n) is 14.6. The summed E-state index contributed by atoms with van der Waals surface area (Å²) in [5, 5.41) is 0. The van der Waals surface area contributed by atoms with Crippen LogP contribution in [0.2, 0.25) is 0 Å². The molecule has 0 aromatic heterocycles. The summed E-state index contributed by atoms with van der Waals surface area (Å²) < 4.78 is 60.2. The molecule has 10 heteroatoms. The van der Waals surface area contributed by atoms with Gasteiger partial charge in [-0.15, -0.1) is 0 Å². The first-order chi connectivity index (χ1) is 12.7. The highest BCUT2D eigenvalue weighted by Gasteiger charge is 2.28. The monoisotopic (exact) mass is 474 g/mol. The number of anilines is 2. The summed E-state index contributed by atoms with van der Waals surface area (Å²) in [6, 6.07) is 11.0. The quantitative estimate of drug-likeness (QED) is 0.717. The number of hydrogen-bond donors (Lipinski definition) is 1. The van der Waals surface area contributed by atoms with E-state index in [9.17, 15) is 16.8 Å². The molecule has 1 heterocycles. The van der Waals surface area contributed by atoms with E-state index in [0.29, 0.717) is 24.3 Å². The normalized spacial score (nSPS) is 16.7. The standard InChI is InChI=1S/C17H19BrN2O5S2/c1-25-16-9-8-15(20-10-2-3-11-26(20,21)22)12-17(16)27(23,24)19-14-6-4-13(18)5-7-14/h4-9,12,19H,2-3,10-11H2,1H3. The van der Waals surface area contributed by atoms with Crippen LogP contribution in [-0.4, -0.2) is 36.2 Å². The van der Waals surface area contributed by atoms with Gasteiger partial charge in [0.1, 0.15) is 10.6 Å². The molecule has 0 spiro atoms. The van der Waals surface area contributed by atoms with E-state index in [4.69, 9.17) is 4.74 Å². The third-order valence-electron chi connectivity index (χ3n) is 4.17. The van der Waals surface area contributed by atoms with Crippen LogP contribution in [0.25, 0.3) is 0 Å². The molecule has 0 atom stereocenters. The van der Waals surface area contributed by atoms with Gasteiger partial charge in [-0.05, 0) is 55.3 Å². The number of ether oxygens (including phenoxy) is 1. The molecule has 2 aromatic rings. The maximum Gasteiger partial charge on any atom is 0.265 e. The fraction of sp³-hybridized carbons (Fsp3) is 0.294. The molecule has 0 bridgehead atoms. The zero-order valence-corrected chi connectivity index (χ0v) is 17.8. The van der Waals surface area contributed by atoms with E-state index in [-0.39, 0.29) is 16.4 Å². The Morgan fingerprint density at radius 2 is 1.81 bits per heavy atom. The molecule has 1 N–H and O–H groups in total. The van der Waals surface area contributed by atoms with E-state index < -0.39 is 20.0 Å². The molecular weight excluding hydrogens is 456 g/mol. The van der Waals surface area contributed by atoms with Gasteiger partial charge in [0, 0.05) is 16.7 Å². The average Bonchev–Trinajstić information content (AvgIpc) is 2.62. The van der Waals surface area contributed by atoms with Gasteiger partial charge < -0.3 is 4.74 Å². The number of hydrogen-bond acceptors (Lipinski definition) is 5. The van der Waals surface area contributed by atoms with Crippen molar-refractivity contribution in [2.45, 2.75) is 17.7 Å². The highest BCUT2D eigenvalue weighted by Crippen LogP contribution is 2.32. The van der Waals surface area contributed by atoms with E-state index in [1.807, 2.05) is 0 Å². The second kappa shape index (κ2) is 7.69. The van der Waals surface area contributed by atoms with Gasteiger partial charge in [0.25, 0.3) is 10.0 Å². The fourth-order valence-corrected chi connectivity index (χ4v) is 5.98. The minimum Gasteiger partial charge on any atom is -0.495 e. The molecule has 27 heavy (non-hydrogen) atoms. The maximum atomic E-state index is 12.9. The van der Waals surface area contributed by atoms with E-state index in [2.05, 4.69) is 20.7 Å². The van der Waals surface area contributed by atoms with Gasteiger partial charge in [-0.1, -0.05) is 15.9 Å². The second-order valence-electron chi connectivity index (χ2n) is 6.04. The summed E-state index contributed by atoms with van der Waals surface area (Å²) in [6.45, 7) is 0.328. The molecule has 1 fully saturated rings. The van der Waals surface area contributed by atoms with Gasteiger partial charge in [-0.2, -0.15) is 0 Å². The maximum absolute atomic E-state index is 12.9. The van der Waals surface area contributed by atoms with Gasteiger partial charge in [0.2, 0.25) is 10.0 Å². The molecule has 0 unspecified atom stereocenters. The SMILES string of the molecule is COc1ccc(N2CCCCS2(=O)=O)cc1S(=O)(=O)Nc1ccc(Br)cc1. The van der Waals surface area contributed by atoms with Crippen LogP contribution in [-0.2, 0) is 20.0 Å². The van der Waals surface area contributed by atoms with Gasteiger partial charge in [-0.3, -0.25) is 9.03 Å². The van der Waals surface area contributed by atoms with Gasteiger partial charge in [0.15, 0.2) is 0 Å². The second-order valence-corrected chi connectivity index (χ2v) is 10.6. The predicted molar refractivity (Wildman–Crippen MR) is 108 cm³/mol. The Morgan fingerprint density at radius 3 is 2.44 bits per heavy atom. The first kappa shape index (κ1) is 20.0. The van der Waals surface area contributed by atoms with Crippen LogP contribution in [0.1, 0.15) is 12.8 Å². The van der Waals surface area contributed by atoms with E-state index in [0.717, 1.165) is 10.9 Å². The molecule has 1 saturated heterocycles. The Hall–Kier alpha value is -1.78. The Balaban J connectivity index is 2.01. The average molecular weight is 475 g/mol. The molecule has 0 amide bonds. The van der Waals surface area contributed by atoms with Gasteiger partial charge >= 0.3 is 0 Å². The molecule has 146 valence electrons. The third-order valence-corrected chi connectivity index (χ3v) is 7.97. The van der Waals surface area contributed by atoms with Gasteiger partial charge in [0.05, 0.1) is 18.6 Å². The van der Waals surface area contributed by atoms with Crippen LogP contribution in [0.5, 0.6) is 5.75 Å². The van der Waals surface area contributed by atoms with Crippen molar-refractivity contribution in [3.63, 3.8) is 0 Å².